The second kappa shape index (κ2) is 7.23. The molecule has 0 aromatic carbocycles. The summed E-state index contributed by atoms with van der Waals surface area (Å²) >= 11 is 0. The number of rotatable bonds is 8. The molecule has 6 nitrogen and oxygen atoms in total. The van der Waals surface area contributed by atoms with Crippen LogP contribution in [0.1, 0.15) is 33.6 Å². The molecule has 0 fully saturated rings. The molecule has 0 spiro atoms. The number of aromatic nitrogens is 2. The summed E-state index contributed by atoms with van der Waals surface area (Å²) in [6, 6.07) is 0.488. The maximum Gasteiger partial charge on any atom is 0.287 e. The Kier molecular flexibility index (Phi) is 5.94. The van der Waals surface area contributed by atoms with Gasteiger partial charge in [-0.2, -0.15) is 0 Å². The van der Waals surface area contributed by atoms with Gasteiger partial charge >= 0.3 is 0 Å². The minimum Gasteiger partial charge on any atom is -0.374 e. The third-order valence-corrected chi connectivity index (χ3v) is 2.88. The number of aliphatic hydroxyl groups excluding tert-OH is 1. The van der Waals surface area contributed by atoms with Gasteiger partial charge in [0.05, 0.1) is 0 Å². The van der Waals surface area contributed by atoms with Crippen molar-refractivity contribution in [3.8, 4) is 0 Å². The Bertz CT molecular complexity index is 385. The third kappa shape index (κ3) is 4.93. The highest BCUT2D eigenvalue weighted by atomic mass is 16.3. The molecule has 1 aromatic rings. The normalized spacial score (nSPS) is 14.7. The van der Waals surface area contributed by atoms with Crippen molar-refractivity contribution >= 4 is 5.69 Å². The van der Waals surface area contributed by atoms with Crippen molar-refractivity contribution in [1.29, 1.82) is 0 Å². The first-order valence-corrected chi connectivity index (χ1v) is 6.44. The van der Waals surface area contributed by atoms with Gasteiger partial charge in [0.1, 0.15) is 11.9 Å². The quantitative estimate of drug-likeness (QED) is 0.352. The Hall–Kier alpha value is -1.27. The Morgan fingerprint density at radius 1 is 1.39 bits per heavy atom. The summed E-state index contributed by atoms with van der Waals surface area (Å²) in [6.07, 6.45) is 2.71. The highest BCUT2D eigenvalue weighted by molar-refractivity contribution is 5.38. The van der Waals surface area contributed by atoms with Gasteiger partial charge in [-0.05, 0) is 19.4 Å². The van der Waals surface area contributed by atoms with E-state index >= 15 is 0 Å². The van der Waals surface area contributed by atoms with Crippen molar-refractivity contribution in [1.82, 2.24) is 15.5 Å². The first kappa shape index (κ1) is 14.8. The van der Waals surface area contributed by atoms with E-state index in [4.69, 9.17) is 0 Å². The fourth-order valence-electron chi connectivity index (χ4n) is 1.69. The molecular formula is C12H24N4O2. The zero-order chi connectivity index (χ0) is 13.5. The highest BCUT2D eigenvalue weighted by Crippen LogP contribution is 2.12. The molecule has 2 atom stereocenters. The van der Waals surface area contributed by atoms with Gasteiger partial charge in [0.25, 0.3) is 5.56 Å². The third-order valence-electron chi connectivity index (χ3n) is 2.88. The van der Waals surface area contributed by atoms with Crippen LogP contribution in [-0.4, -0.2) is 34.1 Å². The van der Waals surface area contributed by atoms with Gasteiger partial charge in [-0.3, -0.25) is 9.89 Å². The lowest BCUT2D eigenvalue weighted by Crippen LogP contribution is -2.30. The molecule has 5 N–H and O–H groups in total. The van der Waals surface area contributed by atoms with Crippen molar-refractivity contribution < 1.29 is 5.11 Å². The standard InChI is InChI=1S/C12H24N4O2/c1-8(2)13-6-4-5-9(3)11(17)15-10-7-14-16-12(10)18/h7-9,11,13,15,17H,4-6H2,1-3H3,(H2,14,16,18). The number of anilines is 1. The number of aromatic amines is 2. The summed E-state index contributed by atoms with van der Waals surface area (Å²) in [5.41, 5.74) is 0.123. The van der Waals surface area contributed by atoms with Crippen molar-refractivity contribution in [2.24, 2.45) is 5.92 Å². The molecule has 0 saturated carbocycles. The van der Waals surface area contributed by atoms with Gasteiger partial charge in [0.15, 0.2) is 0 Å². The number of H-pyrrole nitrogens is 2. The monoisotopic (exact) mass is 256 g/mol. The molecule has 0 aliphatic heterocycles. The Labute approximate surface area is 107 Å². The highest BCUT2D eigenvalue weighted by Gasteiger charge is 2.15. The van der Waals surface area contributed by atoms with Crippen LogP contribution in [0.2, 0.25) is 0 Å². The van der Waals surface area contributed by atoms with E-state index in [1.54, 1.807) is 0 Å². The van der Waals surface area contributed by atoms with Crippen molar-refractivity contribution in [3.05, 3.63) is 16.6 Å². The van der Waals surface area contributed by atoms with Gasteiger partial charge in [0.2, 0.25) is 0 Å². The van der Waals surface area contributed by atoms with Crippen molar-refractivity contribution in [2.45, 2.75) is 45.9 Å². The van der Waals surface area contributed by atoms with E-state index in [2.05, 4.69) is 34.7 Å². The summed E-state index contributed by atoms with van der Waals surface area (Å²) in [5, 5.41) is 21.1. The molecule has 1 rings (SSSR count). The minimum atomic E-state index is -0.707. The maximum absolute atomic E-state index is 11.2. The molecule has 1 aromatic heterocycles. The van der Waals surface area contributed by atoms with Crippen molar-refractivity contribution in [2.75, 3.05) is 11.9 Å². The lowest BCUT2D eigenvalue weighted by atomic mass is 10.0. The number of nitrogens with one attached hydrogen (secondary N) is 4. The van der Waals surface area contributed by atoms with Crippen LogP contribution in [0, 0.1) is 5.92 Å². The summed E-state index contributed by atoms with van der Waals surface area (Å²) in [5.74, 6) is 0.0910. The molecule has 0 bridgehead atoms. The van der Waals surface area contributed by atoms with E-state index in [9.17, 15) is 9.90 Å². The van der Waals surface area contributed by atoms with Crippen LogP contribution < -0.4 is 16.2 Å². The largest absolute Gasteiger partial charge is 0.374 e. The van der Waals surface area contributed by atoms with Gasteiger partial charge in [-0.1, -0.05) is 20.8 Å². The molecule has 2 unspecified atom stereocenters. The smallest absolute Gasteiger partial charge is 0.287 e. The van der Waals surface area contributed by atoms with E-state index < -0.39 is 6.23 Å². The zero-order valence-corrected chi connectivity index (χ0v) is 11.3. The predicted octanol–water partition coefficient (Wildman–Crippen LogP) is 0.848. The van der Waals surface area contributed by atoms with E-state index in [0.29, 0.717) is 11.7 Å². The van der Waals surface area contributed by atoms with Crippen LogP contribution in [0.25, 0.3) is 0 Å². The summed E-state index contributed by atoms with van der Waals surface area (Å²) in [6.45, 7) is 7.13. The fraction of sp³-hybridized carbons (Fsp3) is 0.750. The molecule has 0 aliphatic carbocycles. The molecule has 18 heavy (non-hydrogen) atoms. The van der Waals surface area contributed by atoms with Crippen LogP contribution in [0.3, 0.4) is 0 Å². The molecule has 1 heterocycles. The molecule has 104 valence electrons. The lowest BCUT2D eigenvalue weighted by molar-refractivity contribution is 0.137. The average Bonchev–Trinajstić information content (AvgIpc) is 2.70. The summed E-state index contributed by atoms with van der Waals surface area (Å²) in [4.78, 5) is 11.2. The minimum absolute atomic E-state index is 0.0910. The average molecular weight is 256 g/mol. The Balaban J connectivity index is 2.27. The van der Waals surface area contributed by atoms with Crippen LogP contribution in [0.5, 0.6) is 0 Å². The van der Waals surface area contributed by atoms with E-state index in [1.807, 2.05) is 6.92 Å². The molecule has 0 saturated heterocycles. The summed E-state index contributed by atoms with van der Waals surface area (Å²) in [7, 11) is 0. The van der Waals surface area contributed by atoms with E-state index in [0.717, 1.165) is 19.4 Å². The molecule has 0 amide bonds. The van der Waals surface area contributed by atoms with Crippen LogP contribution >= 0.6 is 0 Å². The van der Waals surface area contributed by atoms with E-state index in [-0.39, 0.29) is 11.5 Å². The van der Waals surface area contributed by atoms with Crippen LogP contribution in [-0.2, 0) is 0 Å². The lowest BCUT2D eigenvalue weighted by Gasteiger charge is -2.20. The number of hydrogen-bond acceptors (Lipinski definition) is 4. The van der Waals surface area contributed by atoms with Crippen LogP contribution in [0.4, 0.5) is 5.69 Å². The second-order valence-corrected chi connectivity index (χ2v) is 4.97. The molecule has 6 heteroatoms. The Morgan fingerprint density at radius 2 is 2.11 bits per heavy atom. The van der Waals surface area contributed by atoms with Gasteiger partial charge in [0, 0.05) is 18.2 Å². The van der Waals surface area contributed by atoms with Gasteiger partial charge in [-0.15, -0.1) is 0 Å². The number of hydrogen-bond donors (Lipinski definition) is 5. The summed E-state index contributed by atoms with van der Waals surface area (Å²) < 4.78 is 0. The zero-order valence-electron chi connectivity index (χ0n) is 11.3. The first-order chi connectivity index (χ1) is 8.50. The topological polar surface area (TPSA) is 92.9 Å². The first-order valence-electron chi connectivity index (χ1n) is 6.44. The fourth-order valence-corrected chi connectivity index (χ4v) is 1.69. The second-order valence-electron chi connectivity index (χ2n) is 4.97. The Morgan fingerprint density at radius 3 is 2.67 bits per heavy atom. The molecule has 0 aliphatic rings. The maximum atomic E-state index is 11.2. The van der Waals surface area contributed by atoms with Crippen LogP contribution in [0.15, 0.2) is 11.0 Å². The van der Waals surface area contributed by atoms with Crippen molar-refractivity contribution in [3.63, 3.8) is 0 Å². The molecular weight excluding hydrogens is 232 g/mol. The van der Waals surface area contributed by atoms with E-state index in [1.165, 1.54) is 6.20 Å². The van der Waals surface area contributed by atoms with Gasteiger partial charge < -0.3 is 20.8 Å². The number of aliphatic hydroxyl groups is 1. The van der Waals surface area contributed by atoms with Gasteiger partial charge in [-0.25, -0.2) is 0 Å². The molecule has 0 radical (unpaired) electrons. The SMILES string of the molecule is CC(C)NCCCC(C)C(O)Nc1c[nH][nH]c1=O. The predicted molar refractivity (Wildman–Crippen MR) is 72.6 cm³/mol.